The van der Waals surface area contributed by atoms with E-state index < -0.39 is 0 Å². The van der Waals surface area contributed by atoms with E-state index in [1.54, 1.807) is 18.3 Å². The Labute approximate surface area is 146 Å². The van der Waals surface area contributed by atoms with E-state index in [0.717, 1.165) is 12.0 Å². The topological polar surface area (TPSA) is 40.6 Å². The van der Waals surface area contributed by atoms with Gasteiger partial charge >= 0.3 is 0 Å². The molecule has 126 valence electrons. The Bertz CT molecular complexity index is 685. The number of nitrogens with zero attached hydrogens (tertiary/aromatic N) is 2. The van der Waals surface area contributed by atoms with Gasteiger partial charge in [-0.1, -0.05) is 36.4 Å². The van der Waals surface area contributed by atoms with Crippen LogP contribution in [0.15, 0.2) is 47.8 Å². The smallest absolute Gasteiger partial charge is 0.223 e. The van der Waals surface area contributed by atoms with Crippen LogP contribution in [0.4, 0.5) is 0 Å². The van der Waals surface area contributed by atoms with Crippen molar-refractivity contribution >= 4 is 23.2 Å². The molecular formula is C19H22N2O2S. The van der Waals surface area contributed by atoms with E-state index in [0.29, 0.717) is 26.1 Å². The third-order valence-electron chi connectivity index (χ3n) is 4.49. The lowest BCUT2D eigenvalue weighted by atomic mass is 10.0. The molecule has 2 heterocycles. The molecule has 2 aromatic rings. The third kappa shape index (κ3) is 3.85. The fourth-order valence-corrected chi connectivity index (χ4v) is 3.90. The molecule has 0 radical (unpaired) electrons. The Morgan fingerprint density at radius 2 is 1.92 bits per heavy atom. The highest BCUT2D eigenvalue weighted by Gasteiger charge is 2.31. The summed E-state index contributed by atoms with van der Waals surface area (Å²) < 4.78 is 0. The number of aryl methyl sites for hydroxylation is 1. The number of amides is 2. The van der Waals surface area contributed by atoms with Crippen molar-refractivity contribution in [2.45, 2.75) is 25.8 Å². The van der Waals surface area contributed by atoms with Gasteiger partial charge in [-0.25, -0.2) is 0 Å². The predicted molar refractivity (Wildman–Crippen MR) is 95.8 cm³/mol. The minimum atomic E-state index is -0.0527. The van der Waals surface area contributed by atoms with Crippen molar-refractivity contribution in [3.8, 4) is 0 Å². The lowest BCUT2D eigenvalue weighted by Gasteiger charge is -2.41. The molecule has 4 nitrogen and oxygen atoms in total. The van der Waals surface area contributed by atoms with Gasteiger partial charge in [-0.05, 0) is 23.4 Å². The summed E-state index contributed by atoms with van der Waals surface area (Å²) in [7, 11) is 0. The van der Waals surface area contributed by atoms with Gasteiger partial charge in [0, 0.05) is 37.9 Å². The van der Waals surface area contributed by atoms with Crippen molar-refractivity contribution in [1.82, 2.24) is 9.80 Å². The molecule has 1 aromatic carbocycles. The Hall–Kier alpha value is -2.14. The molecule has 5 heteroatoms. The first-order valence-electron chi connectivity index (χ1n) is 8.27. The van der Waals surface area contributed by atoms with Crippen molar-refractivity contribution in [3.63, 3.8) is 0 Å². The molecule has 0 spiro atoms. The van der Waals surface area contributed by atoms with E-state index in [-0.39, 0.29) is 17.9 Å². The number of benzene rings is 1. The van der Waals surface area contributed by atoms with Gasteiger partial charge in [0.1, 0.15) is 0 Å². The van der Waals surface area contributed by atoms with Gasteiger partial charge in [0.05, 0.1) is 6.04 Å². The van der Waals surface area contributed by atoms with Crippen LogP contribution in [0.2, 0.25) is 0 Å². The zero-order valence-electron chi connectivity index (χ0n) is 13.9. The summed E-state index contributed by atoms with van der Waals surface area (Å²) in [4.78, 5) is 29.6. The van der Waals surface area contributed by atoms with Gasteiger partial charge < -0.3 is 9.80 Å². The molecule has 0 bridgehead atoms. The highest BCUT2D eigenvalue weighted by Crippen LogP contribution is 2.26. The molecule has 1 saturated heterocycles. The zero-order chi connectivity index (χ0) is 16.9. The van der Waals surface area contributed by atoms with Crippen molar-refractivity contribution in [3.05, 3.63) is 58.3 Å². The minimum Gasteiger partial charge on any atom is -0.338 e. The first kappa shape index (κ1) is 16.7. The Morgan fingerprint density at radius 1 is 1.12 bits per heavy atom. The number of hydrogen-bond acceptors (Lipinski definition) is 3. The van der Waals surface area contributed by atoms with Gasteiger partial charge in [-0.3, -0.25) is 9.59 Å². The summed E-state index contributed by atoms with van der Waals surface area (Å²) in [6, 6.07) is 14.0. The number of piperazine rings is 1. The number of carbonyl (C=O) groups excluding carboxylic acids is 2. The average Bonchev–Trinajstić information content (AvgIpc) is 3.13. The maximum absolute atomic E-state index is 12.6. The molecule has 2 amide bonds. The molecule has 1 aliphatic heterocycles. The van der Waals surface area contributed by atoms with Crippen LogP contribution in [0.5, 0.6) is 0 Å². The molecular weight excluding hydrogens is 320 g/mol. The van der Waals surface area contributed by atoms with Crippen LogP contribution in [0.25, 0.3) is 0 Å². The van der Waals surface area contributed by atoms with Gasteiger partial charge in [0.15, 0.2) is 0 Å². The maximum atomic E-state index is 12.6. The van der Waals surface area contributed by atoms with Crippen LogP contribution in [-0.4, -0.2) is 41.2 Å². The standard InChI is InChI=1S/C19H22N2O2S/c1-15(22)21-12-11-20(14-18(21)16-6-3-2-4-7-16)19(23)10-9-17-8-5-13-24-17/h2-8,13,18H,9-12,14H2,1H3/t18-/m1/s1. The van der Waals surface area contributed by atoms with Gasteiger partial charge in [-0.15, -0.1) is 11.3 Å². The first-order chi connectivity index (χ1) is 11.6. The SMILES string of the molecule is CC(=O)N1CCN(C(=O)CCc2cccs2)C[C@@H]1c1ccccc1. The van der Waals surface area contributed by atoms with Crippen molar-refractivity contribution in [2.24, 2.45) is 0 Å². The predicted octanol–water partition coefficient (Wildman–Crippen LogP) is 3.11. The Kier molecular flexibility index (Phi) is 5.30. The number of carbonyl (C=O) groups is 2. The van der Waals surface area contributed by atoms with Crippen molar-refractivity contribution in [1.29, 1.82) is 0 Å². The maximum Gasteiger partial charge on any atom is 0.223 e. The summed E-state index contributed by atoms with van der Waals surface area (Å²) in [5.41, 5.74) is 1.09. The minimum absolute atomic E-state index is 0.0527. The van der Waals surface area contributed by atoms with E-state index >= 15 is 0 Å². The highest BCUT2D eigenvalue weighted by molar-refractivity contribution is 7.09. The van der Waals surface area contributed by atoms with Crippen LogP contribution in [0.3, 0.4) is 0 Å². The van der Waals surface area contributed by atoms with E-state index in [1.165, 1.54) is 4.88 Å². The summed E-state index contributed by atoms with van der Waals surface area (Å²) in [6.07, 6.45) is 1.32. The van der Waals surface area contributed by atoms with Crippen LogP contribution >= 0.6 is 11.3 Å². The Morgan fingerprint density at radius 3 is 2.58 bits per heavy atom. The van der Waals surface area contributed by atoms with Crippen LogP contribution in [-0.2, 0) is 16.0 Å². The van der Waals surface area contributed by atoms with Gasteiger partial charge in [-0.2, -0.15) is 0 Å². The first-order valence-corrected chi connectivity index (χ1v) is 9.15. The molecule has 24 heavy (non-hydrogen) atoms. The molecule has 1 atom stereocenters. The molecule has 0 unspecified atom stereocenters. The summed E-state index contributed by atoms with van der Waals surface area (Å²) >= 11 is 1.69. The molecule has 1 aliphatic rings. The summed E-state index contributed by atoms with van der Waals surface area (Å²) in [5, 5.41) is 2.04. The highest BCUT2D eigenvalue weighted by atomic mass is 32.1. The summed E-state index contributed by atoms with van der Waals surface area (Å²) in [5.74, 6) is 0.238. The average molecular weight is 342 g/mol. The van der Waals surface area contributed by atoms with E-state index in [4.69, 9.17) is 0 Å². The lowest BCUT2D eigenvalue weighted by Crippen LogP contribution is -2.51. The molecule has 3 rings (SSSR count). The van der Waals surface area contributed by atoms with E-state index in [1.807, 2.05) is 51.6 Å². The zero-order valence-corrected chi connectivity index (χ0v) is 14.7. The van der Waals surface area contributed by atoms with Crippen molar-refractivity contribution < 1.29 is 9.59 Å². The van der Waals surface area contributed by atoms with Crippen LogP contribution < -0.4 is 0 Å². The fourth-order valence-electron chi connectivity index (χ4n) is 3.19. The second-order valence-electron chi connectivity index (χ2n) is 6.06. The second-order valence-corrected chi connectivity index (χ2v) is 7.09. The number of hydrogen-bond donors (Lipinski definition) is 0. The summed E-state index contributed by atoms with van der Waals surface area (Å²) in [6.45, 7) is 3.39. The monoisotopic (exact) mass is 342 g/mol. The fraction of sp³-hybridized carbons (Fsp3) is 0.368. The van der Waals surface area contributed by atoms with Gasteiger partial charge in [0.2, 0.25) is 11.8 Å². The Balaban J connectivity index is 1.68. The quantitative estimate of drug-likeness (QED) is 0.856. The largest absolute Gasteiger partial charge is 0.338 e. The van der Waals surface area contributed by atoms with E-state index in [9.17, 15) is 9.59 Å². The molecule has 1 aromatic heterocycles. The normalized spacial score (nSPS) is 17.8. The third-order valence-corrected chi connectivity index (χ3v) is 5.42. The lowest BCUT2D eigenvalue weighted by molar-refractivity contribution is -0.141. The van der Waals surface area contributed by atoms with Crippen LogP contribution in [0.1, 0.15) is 29.8 Å². The molecule has 1 fully saturated rings. The van der Waals surface area contributed by atoms with Gasteiger partial charge in [0.25, 0.3) is 0 Å². The molecule has 0 N–H and O–H groups in total. The second kappa shape index (κ2) is 7.62. The van der Waals surface area contributed by atoms with E-state index in [2.05, 4.69) is 6.07 Å². The molecule has 0 aliphatic carbocycles. The molecule has 0 saturated carbocycles. The van der Waals surface area contributed by atoms with Crippen LogP contribution in [0, 0.1) is 0 Å². The van der Waals surface area contributed by atoms with Crippen molar-refractivity contribution in [2.75, 3.05) is 19.6 Å². The number of rotatable bonds is 4. The number of thiophene rings is 1.